The fourth-order valence-corrected chi connectivity index (χ4v) is 3.05. The Labute approximate surface area is 135 Å². The predicted molar refractivity (Wildman–Crippen MR) is 82.5 cm³/mol. The molecule has 0 aromatic heterocycles. The van der Waals surface area contributed by atoms with E-state index in [1.165, 1.54) is 5.57 Å². The molecule has 0 radical (unpaired) electrons. The number of hydrogen-bond acceptors (Lipinski definition) is 4. The normalized spacial score (nSPS) is 24.1. The van der Waals surface area contributed by atoms with Gasteiger partial charge in [0.25, 0.3) is 0 Å². The summed E-state index contributed by atoms with van der Waals surface area (Å²) in [6, 6.07) is 0. The summed E-state index contributed by atoms with van der Waals surface area (Å²) in [7, 11) is 0. The molecule has 2 atom stereocenters. The minimum absolute atomic E-state index is 0.118. The van der Waals surface area contributed by atoms with Crippen LogP contribution in [0.4, 0.5) is 0 Å². The van der Waals surface area contributed by atoms with Gasteiger partial charge in [-0.25, -0.2) is 0 Å². The summed E-state index contributed by atoms with van der Waals surface area (Å²) in [5, 5.41) is 0. The smallest absolute Gasteiger partial charge is 0.320 e. The Bertz CT molecular complexity index is 400. The van der Waals surface area contributed by atoms with Crippen molar-refractivity contribution < 1.29 is 19.1 Å². The van der Waals surface area contributed by atoms with Crippen molar-refractivity contribution in [1.82, 2.24) is 0 Å². The number of hydrogen-bond donors (Lipinski definition) is 0. The Kier molecular flexibility index (Phi) is 7.01. The van der Waals surface area contributed by atoms with Crippen LogP contribution in [0.3, 0.4) is 0 Å². The Morgan fingerprint density at radius 3 is 2.05 bits per heavy atom. The molecule has 0 aromatic rings. The van der Waals surface area contributed by atoms with E-state index in [2.05, 4.69) is 19.9 Å². The van der Waals surface area contributed by atoms with Crippen molar-refractivity contribution in [2.24, 2.45) is 17.3 Å². The lowest BCUT2D eigenvalue weighted by Crippen LogP contribution is -2.46. The van der Waals surface area contributed by atoms with Crippen LogP contribution in [0, 0.1) is 17.3 Å². The van der Waals surface area contributed by atoms with Crippen LogP contribution in [0.1, 0.15) is 27.2 Å². The Balaban J connectivity index is 2.92. The van der Waals surface area contributed by atoms with Gasteiger partial charge in [-0.1, -0.05) is 25.5 Å². The van der Waals surface area contributed by atoms with Gasteiger partial charge in [0, 0.05) is 5.41 Å². The first-order chi connectivity index (χ1) is 9.85. The maximum Gasteiger partial charge on any atom is 0.320 e. The molecule has 0 aromatic carbocycles. The van der Waals surface area contributed by atoms with Crippen LogP contribution in [-0.4, -0.2) is 36.9 Å². The molecule has 0 saturated heterocycles. The molecule has 21 heavy (non-hydrogen) atoms. The van der Waals surface area contributed by atoms with Crippen molar-refractivity contribution in [3.05, 3.63) is 11.6 Å². The van der Waals surface area contributed by atoms with Crippen molar-refractivity contribution in [3.8, 4) is 0 Å². The summed E-state index contributed by atoms with van der Waals surface area (Å²) < 4.78 is 10.5. The highest BCUT2D eigenvalue weighted by molar-refractivity contribution is 6.26. The summed E-state index contributed by atoms with van der Waals surface area (Å²) >= 11 is 10.9. The van der Waals surface area contributed by atoms with Crippen LogP contribution in [0.2, 0.25) is 0 Å². The summed E-state index contributed by atoms with van der Waals surface area (Å²) in [5.74, 6) is -0.975. The van der Waals surface area contributed by atoms with Crippen molar-refractivity contribution in [2.75, 3.05) is 25.0 Å². The van der Waals surface area contributed by atoms with Crippen molar-refractivity contribution in [3.63, 3.8) is 0 Å². The van der Waals surface area contributed by atoms with E-state index >= 15 is 0 Å². The molecule has 1 aliphatic carbocycles. The fraction of sp³-hybridized carbons (Fsp3) is 0.733. The third kappa shape index (κ3) is 4.62. The number of ether oxygens (including phenoxy) is 2. The SMILES string of the molecule is CC1=CC(C)C(COC(=O)CCl)(COC(=O)CCl)C(C)C1. The lowest BCUT2D eigenvalue weighted by Gasteiger charge is -2.45. The highest BCUT2D eigenvalue weighted by atomic mass is 35.5. The number of carbonyl (C=O) groups is 2. The van der Waals surface area contributed by atoms with Gasteiger partial charge in [0.05, 0.1) is 0 Å². The van der Waals surface area contributed by atoms with Crippen LogP contribution >= 0.6 is 23.2 Å². The number of carbonyl (C=O) groups excluding carboxylic acids is 2. The fourth-order valence-electron chi connectivity index (χ4n) is 2.89. The molecule has 0 bridgehead atoms. The minimum atomic E-state index is -0.467. The summed E-state index contributed by atoms with van der Waals surface area (Å²) in [5.41, 5.74) is 0.848. The van der Waals surface area contributed by atoms with Crippen LogP contribution in [0.5, 0.6) is 0 Å². The number of halogens is 2. The van der Waals surface area contributed by atoms with Crippen LogP contribution in [-0.2, 0) is 19.1 Å². The van der Waals surface area contributed by atoms with E-state index in [1.54, 1.807) is 0 Å². The number of alkyl halides is 2. The van der Waals surface area contributed by atoms with Gasteiger partial charge in [0.15, 0.2) is 0 Å². The highest BCUT2D eigenvalue weighted by Gasteiger charge is 2.45. The molecule has 0 saturated carbocycles. The summed E-state index contributed by atoms with van der Waals surface area (Å²) in [4.78, 5) is 22.7. The second-order valence-corrected chi connectivity index (χ2v) is 6.26. The molecule has 0 heterocycles. The number of allylic oxidation sites excluding steroid dienone is 2. The maximum atomic E-state index is 11.4. The zero-order valence-corrected chi connectivity index (χ0v) is 14.2. The standard InChI is InChI=1S/C15H22Cl2O4/c1-10-4-11(2)15(12(3)5-10,8-20-13(18)6-16)9-21-14(19)7-17/h4,11-12H,5-9H2,1-3H3. The third-order valence-electron chi connectivity index (χ3n) is 4.27. The lowest BCUT2D eigenvalue weighted by atomic mass is 9.63. The molecule has 2 unspecified atom stereocenters. The molecule has 120 valence electrons. The van der Waals surface area contributed by atoms with Gasteiger partial charge >= 0.3 is 11.9 Å². The Hall–Kier alpha value is -0.740. The minimum Gasteiger partial charge on any atom is -0.464 e. The zero-order chi connectivity index (χ0) is 16.0. The Morgan fingerprint density at radius 2 is 1.67 bits per heavy atom. The highest BCUT2D eigenvalue weighted by Crippen LogP contribution is 2.45. The summed E-state index contributed by atoms with van der Waals surface area (Å²) in [6.45, 7) is 6.56. The van der Waals surface area contributed by atoms with Gasteiger partial charge in [0.2, 0.25) is 0 Å². The van der Waals surface area contributed by atoms with Gasteiger partial charge in [-0.05, 0) is 25.2 Å². The van der Waals surface area contributed by atoms with E-state index in [0.29, 0.717) is 0 Å². The van der Waals surface area contributed by atoms with Crippen molar-refractivity contribution in [1.29, 1.82) is 0 Å². The zero-order valence-electron chi connectivity index (χ0n) is 12.7. The number of rotatable bonds is 6. The molecule has 0 spiro atoms. The van der Waals surface area contributed by atoms with Gasteiger partial charge in [-0.3, -0.25) is 9.59 Å². The van der Waals surface area contributed by atoms with Gasteiger partial charge in [-0.15, -0.1) is 23.2 Å². The van der Waals surface area contributed by atoms with E-state index in [1.807, 2.05) is 6.92 Å². The average Bonchev–Trinajstić information content (AvgIpc) is 2.45. The van der Waals surface area contributed by atoms with Gasteiger partial charge in [0.1, 0.15) is 25.0 Å². The van der Waals surface area contributed by atoms with Crippen LogP contribution in [0.25, 0.3) is 0 Å². The summed E-state index contributed by atoms with van der Waals surface area (Å²) in [6.07, 6.45) is 3.02. The average molecular weight is 337 g/mol. The lowest BCUT2D eigenvalue weighted by molar-refractivity contribution is -0.157. The molecule has 0 N–H and O–H groups in total. The first kappa shape index (κ1) is 18.3. The Morgan fingerprint density at radius 1 is 1.19 bits per heavy atom. The molecule has 4 nitrogen and oxygen atoms in total. The molecule has 1 rings (SSSR count). The van der Waals surface area contributed by atoms with E-state index in [9.17, 15) is 9.59 Å². The van der Waals surface area contributed by atoms with Crippen LogP contribution in [0.15, 0.2) is 11.6 Å². The topological polar surface area (TPSA) is 52.6 Å². The van der Waals surface area contributed by atoms with Crippen molar-refractivity contribution >= 4 is 35.1 Å². The van der Waals surface area contributed by atoms with E-state index in [-0.39, 0.29) is 36.8 Å². The second-order valence-electron chi connectivity index (χ2n) is 5.73. The first-order valence-corrected chi connectivity index (χ1v) is 8.03. The quantitative estimate of drug-likeness (QED) is 0.424. The molecule has 0 amide bonds. The molecular weight excluding hydrogens is 315 g/mol. The maximum absolute atomic E-state index is 11.4. The first-order valence-electron chi connectivity index (χ1n) is 6.96. The monoisotopic (exact) mass is 336 g/mol. The molecule has 0 fully saturated rings. The van der Waals surface area contributed by atoms with E-state index < -0.39 is 17.4 Å². The molecular formula is C15H22Cl2O4. The van der Waals surface area contributed by atoms with Crippen LogP contribution < -0.4 is 0 Å². The van der Waals surface area contributed by atoms with E-state index in [0.717, 1.165) is 6.42 Å². The third-order valence-corrected chi connectivity index (χ3v) is 4.71. The van der Waals surface area contributed by atoms with Gasteiger partial charge in [-0.2, -0.15) is 0 Å². The van der Waals surface area contributed by atoms with E-state index in [4.69, 9.17) is 32.7 Å². The molecule has 0 aliphatic heterocycles. The largest absolute Gasteiger partial charge is 0.464 e. The molecule has 6 heteroatoms. The predicted octanol–water partition coefficient (Wildman–Crippen LogP) is 3.16. The van der Waals surface area contributed by atoms with Gasteiger partial charge < -0.3 is 9.47 Å². The van der Waals surface area contributed by atoms with Crippen molar-refractivity contribution in [2.45, 2.75) is 27.2 Å². The number of esters is 2. The second kappa shape index (κ2) is 8.04. The molecule has 1 aliphatic rings.